The highest BCUT2D eigenvalue weighted by molar-refractivity contribution is 5.96. The number of rotatable bonds is 9. The number of carbonyl (C=O) groups excluding carboxylic acids is 2. The van der Waals surface area contributed by atoms with Gasteiger partial charge in [0.1, 0.15) is 18.1 Å². The van der Waals surface area contributed by atoms with Crippen LogP contribution >= 0.6 is 0 Å². The summed E-state index contributed by atoms with van der Waals surface area (Å²) in [6, 6.07) is 16.8. The molecule has 2 aromatic carbocycles. The number of methoxy groups -OCH3 is 1. The number of nitrogens with zero attached hydrogens (tertiary/aromatic N) is 3. The molecule has 0 aliphatic rings. The number of nitrogens with one attached hydrogen (secondary N) is 2. The fourth-order valence-corrected chi connectivity index (χ4v) is 3.84. The number of hydrogen-bond donors (Lipinski definition) is 2. The van der Waals surface area contributed by atoms with E-state index in [1.165, 1.54) is 4.90 Å². The van der Waals surface area contributed by atoms with Crippen LogP contribution in [0.5, 0.6) is 5.75 Å². The number of aromatic nitrogens is 2. The van der Waals surface area contributed by atoms with E-state index >= 15 is 0 Å². The summed E-state index contributed by atoms with van der Waals surface area (Å²) in [5, 5.41) is 10.7. The van der Waals surface area contributed by atoms with Crippen molar-refractivity contribution < 1.29 is 14.3 Å². The Labute approximate surface area is 220 Å². The minimum Gasteiger partial charge on any atom is -0.497 e. The lowest BCUT2D eigenvalue weighted by molar-refractivity contribution is -0.116. The lowest BCUT2D eigenvalue weighted by Gasteiger charge is -2.24. The van der Waals surface area contributed by atoms with Crippen molar-refractivity contribution in [2.75, 3.05) is 30.8 Å². The van der Waals surface area contributed by atoms with Gasteiger partial charge in [-0.15, -0.1) is 0 Å². The topological polar surface area (TPSA) is 88.5 Å². The predicted molar refractivity (Wildman–Crippen MR) is 149 cm³/mol. The molecule has 2 N–H and O–H groups in total. The molecule has 0 unspecified atom stereocenters. The van der Waals surface area contributed by atoms with Crippen LogP contribution in [0, 0.1) is 5.92 Å². The first-order valence-electron chi connectivity index (χ1n) is 12.7. The maximum Gasteiger partial charge on any atom is 0.322 e. The second-order valence-electron chi connectivity index (χ2n) is 10.6. The first-order valence-corrected chi connectivity index (χ1v) is 12.7. The molecule has 0 radical (unpaired) electrons. The van der Waals surface area contributed by atoms with Crippen molar-refractivity contribution in [1.82, 2.24) is 14.7 Å². The van der Waals surface area contributed by atoms with E-state index in [0.717, 1.165) is 29.1 Å². The zero-order valence-corrected chi connectivity index (χ0v) is 23.0. The van der Waals surface area contributed by atoms with E-state index in [1.54, 1.807) is 11.8 Å². The average Bonchev–Trinajstić information content (AvgIpc) is 3.27. The first-order chi connectivity index (χ1) is 17.5. The molecule has 3 amide bonds. The summed E-state index contributed by atoms with van der Waals surface area (Å²) in [6.45, 7) is 12.7. The fourth-order valence-electron chi connectivity index (χ4n) is 3.84. The smallest absolute Gasteiger partial charge is 0.322 e. The van der Waals surface area contributed by atoms with Crippen LogP contribution in [0.3, 0.4) is 0 Å². The van der Waals surface area contributed by atoms with Crippen LogP contribution < -0.4 is 15.4 Å². The monoisotopic (exact) mass is 505 g/mol. The molecule has 8 nitrogen and oxygen atoms in total. The lowest BCUT2D eigenvalue weighted by Crippen LogP contribution is -2.42. The quantitative estimate of drug-likeness (QED) is 0.381. The molecule has 1 heterocycles. The van der Waals surface area contributed by atoms with Gasteiger partial charge in [0.2, 0.25) is 5.91 Å². The number of amides is 3. The largest absolute Gasteiger partial charge is 0.497 e. The Morgan fingerprint density at radius 3 is 2.35 bits per heavy atom. The Morgan fingerprint density at radius 2 is 1.76 bits per heavy atom. The van der Waals surface area contributed by atoms with Crippen LogP contribution in [0.25, 0.3) is 5.69 Å². The highest BCUT2D eigenvalue weighted by Crippen LogP contribution is 2.27. The van der Waals surface area contributed by atoms with Gasteiger partial charge >= 0.3 is 6.03 Å². The van der Waals surface area contributed by atoms with Gasteiger partial charge in [-0.1, -0.05) is 53.7 Å². The second-order valence-corrected chi connectivity index (χ2v) is 10.6. The highest BCUT2D eigenvalue weighted by Gasteiger charge is 2.23. The van der Waals surface area contributed by atoms with E-state index in [-0.39, 0.29) is 29.8 Å². The molecule has 0 fully saturated rings. The molecule has 0 aliphatic carbocycles. The number of ether oxygens (including phenoxy) is 1. The van der Waals surface area contributed by atoms with Crippen LogP contribution in [0.2, 0.25) is 0 Å². The van der Waals surface area contributed by atoms with Crippen LogP contribution in [0.1, 0.15) is 52.8 Å². The summed E-state index contributed by atoms with van der Waals surface area (Å²) in [4.78, 5) is 27.9. The van der Waals surface area contributed by atoms with Gasteiger partial charge < -0.3 is 20.3 Å². The molecular weight excluding hydrogens is 466 g/mol. The number of urea groups is 1. The van der Waals surface area contributed by atoms with E-state index in [2.05, 4.69) is 38.3 Å². The molecule has 3 aromatic rings. The Hall–Kier alpha value is -3.81. The summed E-state index contributed by atoms with van der Waals surface area (Å²) < 4.78 is 6.98. The van der Waals surface area contributed by atoms with Crippen molar-refractivity contribution in [2.45, 2.75) is 53.4 Å². The number of aryl methyl sites for hydroxylation is 1. The van der Waals surface area contributed by atoms with Crippen molar-refractivity contribution in [1.29, 1.82) is 0 Å². The number of hydrogen-bond acceptors (Lipinski definition) is 4. The van der Waals surface area contributed by atoms with Gasteiger partial charge in [0.05, 0.1) is 18.5 Å². The minimum absolute atomic E-state index is 0.0872. The first kappa shape index (κ1) is 27.8. The molecule has 3 rings (SSSR count). The third kappa shape index (κ3) is 7.59. The number of carbonyl (C=O) groups is 2. The summed E-state index contributed by atoms with van der Waals surface area (Å²) in [6.07, 6.45) is 0.875. The number of anilines is 2. The summed E-state index contributed by atoms with van der Waals surface area (Å²) in [5.41, 5.74) is 3.26. The highest BCUT2D eigenvalue weighted by atomic mass is 16.5. The Morgan fingerprint density at radius 1 is 1.05 bits per heavy atom. The molecule has 37 heavy (non-hydrogen) atoms. The van der Waals surface area contributed by atoms with E-state index in [0.29, 0.717) is 18.1 Å². The summed E-state index contributed by atoms with van der Waals surface area (Å²) in [7, 11) is 1.62. The van der Waals surface area contributed by atoms with E-state index in [9.17, 15) is 9.59 Å². The van der Waals surface area contributed by atoms with Crippen LogP contribution in [-0.2, 0) is 16.6 Å². The molecule has 198 valence electrons. The number of benzene rings is 2. The van der Waals surface area contributed by atoms with Gasteiger partial charge in [-0.3, -0.25) is 4.79 Å². The van der Waals surface area contributed by atoms with E-state index in [4.69, 9.17) is 9.84 Å². The SMILES string of the molecule is CCc1cccc(NC(=O)N(CC(=O)Nc2cc(C(C)(C)C)nn2-c2ccc(OC)cc2)CC(C)C)c1. The van der Waals surface area contributed by atoms with Crippen molar-refractivity contribution in [2.24, 2.45) is 5.92 Å². The third-order valence-corrected chi connectivity index (χ3v) is 5.86. The predicted octanol–water partition coefficient (Wildman–Crippen LogP) is 5.87. The standard InChI is InChI=1S/C29H39N5O3/c1-8-21-10-9-11-22(16-21)30-28(36)33(18-20(2)3)19-27(35)31-26-17-25(29(4,5)6)32-34(26)23-12-14-24(37-7)15-13-23/h9-17,20H,8,18-19H2,1-7H3,(H,30,36)(H,31,35). The summed E-state index contributed by atoms with van der Waals surface area (Å²) in [5.74, 6) is 1.17. The van der Waals surface area contributed by atoms with Crippen LogP contribution in [0.4, 0.5) is 16.3 Å². The third-order valence-electron chi connectivity index (χ3n) is 5.86. The molecule has 0 saturated heterocycles. The van der Waals surface area contributed by atoms with Crippen LogP contribution in [-0.4, -0.2) is 46.8 Å². The summed E-state index contributed by atoms with van der Waals surface area (Å²) >= 11 is 0. The lowest BCUT2D eigenvalue weighted by atomic mass is 9.92. The Balaban J connectivity index is 1.81. The Bertz CT molecular complexity index is 1210. The van der Waals surface area contributed by atoms with Crippen LogP contribution in [0.15, 0.2) is 54.6 Å². The fraction of sp³-hybridized carbons (Fsp3) is 0.414. The molecule has 8 heteroatoms. The molecule has 0 saturated carbocycles. The van der Waals surface area contributed by atoms with Gasteiger partial charge in [-0.05, 0) is 54.3 Å². The minimum atomic E-state index is -0.309. The van der Waals surface area contributed by atoms with Crippen molar-refractivity contribution in [3.63, 3.8) is 0 Å². The zero-order valence-electron chi connectivity index (χ0n) is 23.0. The molecule has 1 aromatic heterocycles. The van der Waals surface area contributed by atoms with Gasteiger partial charge in [-0.2, -0.15) is 5.10 Å². The molecule has 0 aliphatic heterocycles. The maximum atomic E-state index is 13.2. The molecular formula is C29H39N5O3. The molecule has 0 bridgehead atoms. The second kappa shape index (κ2) is 12.0. The van der Waals surface area contributed by atoms with Gasteiger partial charge in [0.25, 0.3) is 0 Å². The van der Waals surface area contributed by atoms with Crippen molar-refractivity contribution in [3.05, 3.63) is 65.9 Å². The molecule has 0 atom stereocenters. The van der Waals surface area contributed by atoms with Crippen molar-refractivity contribution >= 4 is 23.4 Å². The van der Waals surface area contributed by atoms with Gasteiger partial charge in [-0.25, -0.2) is 9.48 Å². The maximum absolute atomic E-state index is 13.2. The Kier molecular flexibility index (Phi) is 8.97. The van der Waals surface area contributed by atoms with Gasteiger partial charge in [0, 0.05) is 23.7 Å². The zero-order chi connectivity index (χ0) is 27.2. The van der Waals surface area contributed by atoms with Gasteiger partial charge in [0.15, 0.2) is 0 Å². The van der Waals surface area contributed by atoms with E-state index < -0.39 is 0 Å². The van der Waals surface area contributed by atoms with E-state index in [1.807, 2.05) is 68.4 Å². The molecule has 0 spiro atoms. The average molecular weight is 506 g/mol. The van der Waals surface area contributed by atoms with Crippen molar-refractivity contribution in [3.8, 4) is 11.4 Å². The normalized spacial score (nSPS) is 11.4.